The molecule has 0 heterocycles. The van der Waals surface area contributed by atoms with E-state index in [1.807, 2.05) is 14.0 Å². The second kappa shape index (κ2) is 4.75. The molecule has 1 aliphatic rings. The normalized spacial score (nSPS) is 28.6. The lowest BCUT2D eigenvalue weighted by atomic mass is 9.82. The lowest BCUT2D eigenvalue weighted by Gasteiger charge is -2.36. The maximum Gasteiger partial charge on any atom is 0.108 e. The quantitative estimate of drug-likeness (QED) is 0.443. The van der Waals surface area contributed by atoms with E-state index < -0.39 is 0 Å². The molecule has 1 unspecified atom stereocenters. The molecule has 0 aromatic carbocycles. The molecule has 82 valence electrons. The van der Waals surface area contributed by atoms with Crippen LogP contribution in [0.3, 0.4) is 0 Å². The molecule has 4 N–H and O–H groups in total. The molecule has 0 aliphatic heterocycles. The first kappa shape index (κ1) is 11.5. The van der Waals surface area contributed by atoms with Crippen LogP contribution in [-0.4, -0.2) is 41.6 Å². The maximum absolute atomic E-state index is 9.15. The number of nitrogens with zero attached hydrogens (tertiary/aromatic N) is 1. The van der Waals surface area contributed by atoms with E-state index in [0.717, 1.165) is 25.8 Å². The molecule has 4 nitrogen and oxygen atoms in total. The number of likely N-dealkylation sites (N-methyl/N-ethyl adjacent to an activating group) is 1. The molecule has 0 radical (unpaired) electrons. The summed E-state index contributed by atoms with van der Waals surface area (Å²) in [5.74, 6) is 0.832. The Labute approximate surface area is 85.6 Å². The minimum atomic E-state index is -0.0918. The highest BCUT2D eigenvalue weighted by Gasteiger charge is 2.29. The van der Waals surface area contributed by atoms with E-state index in [1.54, 1.807) is 0 Å². The van der Waals surface area contributed by atoms with E-state index in [9.17, 15) is 0 Å². The van der Waals surface area contributed by atoms with Crippen molar-refractivity contribution in [2.24, 2.45) is 11.7 Å². The van der Waals surface area contributed by atoms with E-state index in [4.69, 9.17) is 16.2 Å². The van der Waals surface area contributed by atoms with Gasteiger partial charge in [0.05, 0.1) is 12.1 Å². The molecular formula is C10H21N3O. The summed E-state index contributed by atoms with van der Waals surface area (Å²) in [6.07, 6.45) is 2.59. The Morgan fingerprint density at radius 2 is 2.21 bits per heavy atom. The Bertz CT molecular complexity index is 202. The van der Waals surface area contributed by atoms with E-state index in [-0.39, 0.29) is 18.0 Å². The monoisotopic (exact) mass is 199 g/mol. The van der Waals surface area contributed by atoms with Crippen molar-refractivity contribution >= 4 is 5.84 Å². The number of hydrogen-bond donors (Lipinski definition) is 3. The molecule has 14 heavy (non-hydrogen) atoms. The Morgan fingerprint density at radius 3 is 2.57 bits per heavy atom. The standard InChI is InChI=1S/C10H21N3O/c1-3-9(10(11)12)13(2)6-7-4-8(14)5-7/h7-9,14H,3-6H2,1-2H3,(H3,11,12). The Morgan fingerprint density at radius 1 is 1.64 bits per heavy atom. The number of aliphatic hydroxyl groups excluding tert-OH is 1. The van der Waals surface area contributed by atoms with Crippen LogP contribution in [0.4, 0.5) is 0 Å². The number of nitrogens with two attached hydrogens (primary N) is 1. The van der Waals surface area contributed by atoms with Crippen molar-refractivity contribution in [2.45, 2.75) is 38.3 Å². The van der Waals surface area contributed by atoms with Gasteiger partial charge in [-0.25, -0.2) is 0 Å². The zero-order chi connectivity index (χ0) is 10.7. The zero-order valence-electron chi connectivity index (χ0n) is 9.03. The van der Waals surface area contributed by atoms with Crippen molar-refractivity contribution in [2.75, 3.05) is 13.6 Å². The van der Waals surface area contributed by atoms with Crippen LogP contribution in [0, 0.1) is 11.3 Å². The van der Waals surface area contributed by atoms with Crippen LogP contribution in [0.5, 0.6) is 0 Å². The van der Waals surface area contributed by atoms with Crippen molar-refractivity contribution in [1.82, 2.24) is 4.90 Å². The molecule has 0 bridgehead atoms. The van der Waals surface area contributed by atoms with Gasteiger partial charge in [-0.3, -0.25) is 10.3 Å². The highest BCUT2D eigenvalue weighted by atomic mass is 16.3. The van der Waals surface area contributed by atoms with Gasteiger partial charge in [-0.1, -0.05) is 6.92 Å². The van der Waals surface area contributed by atoms with Crippen molar-refractivity contribution < 1.29 is 5.11 Å². The van der Waals surface area contributed by atoms with E-state index >= 15 is 0 Å². The summed E-state index contributed by atoms with van der Waals surface area (Å²) in [6, 6.07) is 0.0627. The lowest BCUT2D eigenvalue weighted by molar-refractivity contribution is 0.0256. The fourth-order valence-electron chi connectivity index (χ4n) is 2.15. The number of amidine groups is 1. The minimum Gasteiger partial charge on any atom is -0.393 e. The second-order valence-electron chi connectivity index (χ2n) is 4.31. The van der Waals surface area contributed by atoms with Crippen LogP contribution in [-0.2, 0) is 0 Å². The third kappa shape index (κ3) is 2.69. The molecule has 1 aliphatic carbocycles. The molecule has 0 saturated heterocycles. The van der Waals surface area contributed by atoms with Gasteiger partial charge in [0.15, 0.2) is 0 Å². The first-order valence-corrected chi connectivity index (χ1v) is 5.26. The van der Waals surface area contributed by atoms with Gasteiger partial charge < -0.3 is 10.8 Å². The summed E-state index contributed by atoms with van der Waals surface area (Å²) in [4.78, 5) is 2.12. The van der Waals surface area contributed by atoms with E-state index in [1.165, 1.54) is 0 Å². The number of nitrogens with one attached hydrogen (secondary N) is 1. The predicted octanol–water partition coefficient (Wildman–Crippen LogP) is 0.404. The summed E-state index contributed by atoms with van der Waals surface area (Å²) in [7, 11) is 2.00. The highest BCUT2D eigenvalue weighted by Crippen LogP contribution is 2.28. The van der Waals surface area contributed by atoms with Crippen LogP contribution >= 0.6 is 0 Å². The SMILES string of the molecule is CCC(C(=N)N)N(C)CC1CC(O)C1. The maximum atomic E-state index is 9.15. The van der Waals surface area contributed by atoms with Gasteiger partial charge in [-0.05, 0) is 32.2 Å². The van der Waals surface area contributed by atoms with Crippen LogP contribution in [0.1, 0.15) is 26.2 Å². The first-order chi connectivity index (χ1) is 6.54. The van der Waals surface area contributed by atoms with E-state index in [0.29, 0.717) is 5.92 Å². The van der Waals surface area contributed by atoms with Gasteiger partial charge in [-0.15, -0.1) is 0 Å². The molecule has 1 rings (SSSR count). The number of hydrogen-bond acceptors (Lipinski definition) is 3. The van der Waals surface area contributed by atoms with Crippen LogP contribution in [0.15, 0.2) is 0 Å². The van der Waals surface area contributed by atoms with Gasteiger partial charge in [-0.2, -0.15) is 0 Å². The van der Waals surface area contributed by atoms with E-state index in [2.05, 4.69) is 4.90 Å². The third-order valence-corrected chi connectivity index (χ3v) is 3.03. The van der Waals surface area contributed by atoms with Crippen LogP contribution in [0.2, 0.25) is 0 Å². The Balaban J connectivity index is 2.32. The van der Waals surface area contributed by atoms with Crippen LogP contribution < -0.4 is 5.73 Å². The number of aliphatic hydroxyl groups is 1. The summed E-state index contributed by atoms with van der Waals surface area (Å²) in [6.45, 7) is 2.98. The topological polar surface area (TPSA) is 73.3 Å². The van der Waals surface area contributed by atoms with Gasteiger partial charge in [0.1, 0.15) is 5.84 Å². The van der Waals surface area contributed by atoms with Crippen molar-refractivity contribution in [3.63, 3.8) is 0 Å². The summed E-state index contributed by atoms with van der Waals surface area (Å²) in [5, 5.41) is 16.6. The molecule has 4 heteroatoms. The van der Waals surface area contributed by atoms with Gasteiger partial charge in [0.25, 0.3) is 0 Å². The van der Waals surface area contributed by atoms with Gasteiger partial charge in [0.2, 0.25) is 0 Å². The fourth-order valence-corrected chi connectivity index (χ4v) is 2.15. The van der Waals surface area contributed by atoms with Crippen molar-refractivity contribution in [3.8, 4) is 0 Å². The Hall–Kier alpha value is -0.610. The van der Waals surface area contributed by atoms with Crippen molar-refractivity contribution in [1.29, 1.82) is 5.41 Å². The average Bonchev–Trinajstić information content (AvgIpc) is 2.01. The summed E-state index contributed by atoms with van der Waals surface area (Å²) < 4.78 is 0. The summed E-state index contributed by atoms with van der Waals surface area (Å²) in [5.41, 5.74) is 5.50. The molecule has 1 atom stereocenters. The highest BCUT2D eigenvalue weighted by molar-refractivity contribution is 5.82. The van der Waals surface area contributed by atoms with Gasteiger partial charge in [0, 0.05) is 6.54 Å². The van der Waals surface area contributed by atoms with Gasteiger partial charge >= 0.3 is 0 Å². The summed E-state index contributed by atoms with van der Waals surface area (Å²) >= 11 is 0. The molecule has 0 amide bonds. The third-order valence-electron chi connectivity index (χ3n) is 3.03. The largest absolute Gasteiger partial charge is 0.393 e. The average molecular weight is 199 g/mol. The molecule has 1 saturated carbocycles. The Kier molecular flexibility index (Phi) is 3.89. The smallest absolute Gasteiger partial charge is 0.108 e. The van der Waals surface area contributed by atoms with Crippen LogP contribution in [0.25, 0.3) is 0 Å². The molecule has 0 aromatic rings. The zero-order valence-corrected chi connectivity index (χ0v) is 9.03. The first-order valence-electron chi connectivity index (χ1n) is 5.26. The number of rotatable bonds is 5. The lowest BCUT2D eigenvalue weighted by Crippen LogP contribution is -2.46. The van der Waals surface area contributed by atoms with Crippen molar-refractivity contribution in [3.05, 3.63) is 0 Å². The second-order valence-corrected chi connectivity index (χ2v) is 4.31. The predicted molar refractivity (Wildman–Crippen MR) is 57.4 cm³/mol. The molecular weight excluding hydrogens is 178 g/mol. The fraction of sp³-hybridized carbons (Fsp3) is 0.900. The molecule has 0 aromatic heterocycles. The minimum absolute atomic E-state index is 0.0627. The molecule has 1 fully saturated rings. The molecule has 0 spiro atoms.